The van der Waals surface area contributed by atoms with Crippen LogP contribution in [0.5, 0.6) is 0 Å². The molecule has 0 atom stereocenters. The zero-order valence-electron chi connectivity index (χ0n) is 8.55. The Morgan fingerprint density at radius 3 is 2.54 bits per heavy atom. The van der Waals surface area contributed by atoms with Gasteiger partial charge in [0.2, 0.25) is 0 Å². The second-order valence-corrected chi connectivity index (χ2v) is 4.35. The van der Waals surface area contributed by atoms with Gasteiger partial charge in [-0.2, -0.15) is 0 Å². The summed E-state index contributed by atoms with van der Waals surface area (Å²) in [6.07, 6.45) is 1.06. The van der Waals surface area contributed by atoms with Gasteiger partial charge in [0.05, 0.1) is 0 Å². The molecule has 1 rings (SSSR count). The summed E-state index contributed by atoms with van der Waals surface area (Å²) >= 11 is 1.84. The van der Waals surface area contributed by atoms with E-state index in [4.69, 9.17) is 5.73 Å². The van der Waals surface area contributed by atoms with E-state index in [2.05, 4.69) is 32.9 Å². The molecule has 0 spiro atoms. The summed E-state index contributed by atoms with van der Waals surface area (Å²) in [5.41, 5.74) is 9.55. The second kappa shape index (κ2) is 4.56. The number of hydrogen-bond donors (Lipinski definition) is 1. The fraction of sp³-hybridized carbons (Fsp3) is 0.455. The molecule has 0 aromatic heterocycles. The van der Waals surface area contributed by atoms with Crippen LogP contribution in [0.4, 0.5) is 5.69 Å². The Labute approximate surface area is 84.7 Å². The quantitative estimate of drug-likeness (QED) is 0.592. The number of anilines is 1. The van der Waals surface area contributed by atoms with Crippen LogP contribution in [-0.2, 0) is 6.42 Å². The van der Waals surface area contributed by atoms with Crippen LogP contribution in [0.2, 0.25) is 0 Å². The van der Waals surface area contributed by atoms with Crippen molar-refractivity contribution in [2.45, 2.75) is 32.1 Å². The Kier molecular flexibility index (Phi) is 3.67. The predicted octanol–water partition coefficient (Wildman–Crippen LogP) is 3.25. The Morgan fingerprint density at radius 1 is 1.31 bits per heavy atom. The van der Waals surface area contributed by atoms with Crippen LogP contribution in [0.3, 0.4) is 0 Å². The first kappa shape index (κ1) is 10.5. The van der Waals surface area contributed by atoms with Gasteiger partial charge >= 0.3 is 0 Å². The summed E-state index contributed by atoms with van der Waals surface area (Å²) in [4.78, 5) is 1.28. The lowest BCUT2D eigenvalue weighted by atomic mass is 10.1. The molecular weight excluding hydrogens is 178 g/mol. The normalized spacial score (nSPS) is 10.4. The van der Waals surface area contributed by atoms with Crippen LogP contribution in [-0.4, -0.2) is 5.75 Å². The molecule has 1 nitrogen and oxygen atoms in total. The van der Waals surface area contributed by atoms with Crippen LogP contribution >= 0.6 is 11.8 Å². The van der Waals surface area contributed by atoms with Gasteiger partial charge in [-0.3, -0.25) is 0 Å². The van der Waals surface area contributed by atoms with E-state index in [9.17, 15) is 0 Å². The van der Waals surface area contributed by atoms with Crippen molar-refractivity contribution >= 4 is 17.4 Å². The summed E-state index contributed by atoms with van der Waals surface area (Å²) < 4.78 is 0. The average molecular weight is 195 g/mol. The van der Waals surface area contributed by atoms with Gasteiger partial charge in [-0.05, 0) is 30.2 Å². The van der Waals surface area contributed by atoms with E-state index in [0.29, 0.717) is 0 Å². The van der Waals surface area contributed by atoms with E-state index in [1.807, 2.05) is 11.8 Å². The lowest BCUT2D eigenvalue weighted by molar-refractivity contribution is 1.08. The summed E-state index contributed by atoms with van der Waals surface area (Å²) in [6, 6.07) is 4.29. The van der Waals surface area contributed by atoms with Crippen LogP contribution in [0.15, 0.2) is 17.0 Å². The molecule has 0 aliphatic carbocycles. The van der Waals surface area contributed by atoms with Crippen molar-refractivity contribution in [3.63, 3.8) is 0 Å². The molecule has 0 radical (unpaired) electrons. The third-order valence-electron chi connectivity index (χ3n) is 2.17. The number of aryl methyl sites for hydroxylation is 2. The van der Waals surface area contributed by atoms with Gasteiger partial charge in [0.25, 0.3) is 0 Å². The molecule has 2 N–H and O–H groups in total. The lowest BCUT2D eigenvalue weighted by Gasteiger charge is -2.11. The Balaban J connectivity index is 3.15. The fourth-order valence-corrected chi connectivity index (χ4v) is 2.34. The van der Waals surface area contributed by atoms with Crippen LogP contribution in [0.1, 0.15) is 25.0 Å². The van der Waals surface area contributed by atoms with E-state index in [1.165, 1.54) is 16.0 Å². The maximum atomic E-state index is 6.02. The predicted molar refractivity (Wildman–Crippen MR) is 61.4 cm³/mol. The lowest BCUT2D eigenvalue weighted by Crippen LogP contribution is -1.97. The summed E-state index contributed by atoms with van der Waals surface area (Å²) in [6.45, 7) is 6.39. The Hall–Kier alpha value is -0.630. The number of rotatable bonds is 3. The third-order valence-corrected chi connectivity index (χ3v) is 3.22. The molecular formula is C11H17NS. The van der Waals surface area contributed by atoms with Gasteiger partial charge in [0.15, 0.2) is 0 Å². The zero-order valence-corrected chi connectivity index (χ0v) is 9.37. The van der Waals surface area contributed by atoms with Crippen molar-refractivity contribution in [3.05, 3.63) is 23.3 Å². The molecule has 13 heavy (non-hydrogen) atoms. The van der Waals surface area contributed by atoms with E-state index >= 15 is 0 Å². The van der Waals surface area contributed by atoms with Crippen molar-refractivity contribution in [2.75, 3.05) is 11.5 Å². The van der Waals surface area contributed by atoms with Crippen molar-refractivity contribution in [2.24, 2.45) is 0 Å². The molecule has 0 heterocycles. The number of benzene rings is 1. The molecule has 1 aromatic rings. The fourth-order valence-electron chi connectivity index (χ4n) is 1.34. The molecule has 0 aliphatic heterocycles. The first-order chi connectivity index (χ1) is 6.20. The van der Waals surface area contributed by atoms with E-state index in [-0.39, 0.29) is 0 Å². The van der Waals surface area contributed by atoms with E-state index in [1.54, 1.807) is 0 Å². The topological polar surface area (TPSA) is 26.0 Å². The summed E-state index contributed by atoms with van der Waals surface area (Å²) in [5, 5.41) is 0. The van der Waals surface area contributed by atoms with Crippen molar-refractivity contribution in [1.29, 1.82) is 0 Å². The maximum absolute atomic E-state index is 6.02. The zero-order chi connectivity index (χ0) is 9.84. The van der Waals surface area contributed by atoms with Crippen LogP contribution in [0, 0.1) is 6.92 Å². The van der Waals surface area contributed by atoms with Crippen LogP contribution < -0.4 is 5.73 Å². The van der Waals surface area contributed by atoms with Gasteiger partial charge in [-0.15, -0.1) is 11.8 Å². The van der Waals surface area contributed by atoms with Gasteiger partial charge in [0.1, 0.15) is 0 Å². The van der Waals surface area contributed by atoms with E-state index < -0.39 is 0 Å². The maximum Gasteiger partial charge on any atom is 0.0484 e. The van der Waals surface area contributed by atoms with E-state index in [0.717, 1.165) is 17.9 Å². The third kappa shape index (κ3) is 2.19. The first-order valence-corrected chi connectivity index (χ1v) is 5.70. The minimum absolute atomic E-state index is 0.964. The van der Waals surface area contributed by atoms with Gasteiger partial charge in [-0.25, -0.2) is 0 Å². The van der Waals surface area contributed by atoms with Gasteiger partial charge in [0, 0.05) is 10.6 Å². The molecule has 1 aromatic carbocycles. The number of nitrogens with two attached hydrogens (primary N) is 1. The largest absolute Gasteiger partial charge is 0.398 e. The summed E-state index contributed by atoms with van der Waals surface area (Å²) in [5.74, 6) is 1.08. The molecule has 0 fully saturated rings. The molecule has 0 amide bonds. The van der Waals surface area contributed by atoms with Crippen molar-refractivity contribution in [1.82, 2.24) is 0 Å². The minimum Gasteiger partial charge on any atom is -0.398 e. The smallest absolute Gasteiger partial charge is 0.0484 e. The highest BCUT2D eigenvalue weighted by molar-refractivity contribution is 7.99. The second-order valence-electron chi connectivity index (χ2n) is 3.07. The molecule has 0 saturated carbocycles. The first-order valence-electron chi connectivity index (χ1n) is 4.71. The number of nitrogen functional groups attached to an aromatic ring is 1. The highest BCUT2D eigenvalue weighted by atomic mass is 32.2. The van der Waals surface area contributed by atoms with Crippen molar-refractivity contribution < 1.29 is 0 Å². The molecule has 0 bridgehead atoms. The van der Waals surface area contributed by atoms with Gasteiger partial charge < -0.3 is 5.73 Å². The Morgan fingerprint density at radius 2 is 2.00 bits per heavy atom. The summed E-state index contributed by atoms with van der Waals surface area (Å²) in [7, 11) is 0. The number of thioether (sulfide) groups is 1. The number of hydrogen-bond acceptors (Lipinski definition) is 2. The van der Waals surface area contributed by atoms with Gasteiger partial charge in [-0.1, -0.05) is 26.0 Å². The Bertz CT molecular complexity index is 294. The molecule has 0 saturated heterocycles. The minimum atomic E-state index is 0.964. The highest BCUT2D eigenvalue weighted by Gasteiger charge is 2.06. The molecule has 2 heteroatoms. The van der Waals surface area contributed by atoms with Crippen molar-refractivity contribution in [3.8, 4) is 0 Å². The standard InChI is InChI=1S/C11H17NS/c1-4-9-7-6-8(3)10(12)11(9)13-5-2/h6-7H,4-5,12H2,1-3H3. The molecule has 72 valence electrons. The average Bonchev–Trinajstić information content (AvgIpc) is 2.14. The SMILES string of the molecule is CCSc1c(CC)ccc(C)c1N. The molecule has 0 unspecified atom stereocenters. The van der Waals surface area contributed by atoms with Crippen LogP contribution in [0.25, 0.3) is 0 Å². The monoisotopic (exact) mass is 195 g/mol. The molecule has 0 aliphatic rings. The highest BCUT2D eigenvalue weighted by Crippen LogP contribution is 2.31.